The van der Waals surface area contributed by atoms with Gasteiger partial charge in [0.15, 0.2) is 0 Å². The van der Waals surface area contributed by atoms with Crippen molar-refractivity contribution >= 4 is 11.7 Å². The topological polar surface area (TPSA) is 74.2 Å². The molecule has 0 bridgehead atoms. The predicted octanol–water partition coefficient (Wildman–Crippen LogP) is 1.92. The zero-order chi connectivity index (χ0) is 16.9. The number of nitrogens with zero attached hydrogens (tertiary/aromatic N) is 5. The molecular formula is C17H22N6O. The Bertz CT molecular complexity index is 692. The number of likely N-dealkylation sites (N-methyl/N-ethyl adjacent to an activating group) is 1. The summed E-state index contributed by atoms with van der Waals surface area (Å²) in [6.07, 6.45) is 7.88. The number of hydrogen-bond acceptors (Lipinski definition) is 5. The number of urea groups is 1. The van der Waals surface area contributed by atoms with E-state index in [1.807, 2.05) is 31.0 Å². The van der Waals surface area contributed by atoms with Crippen LogP contribution in [-0.4, -0.2) is 57.0 Å². The summed E-state index contributed by atoms with van der Waals surface area (Å²) in [7, 11) is 2.05. The van der Waals surface area contributed by atoms with Gasteiger partial charge in [-0.1, -0.05) is 0 Å². The number of aromatic nitrogens is 3. The molecule has 2 aromatic heterocycles. The Morgan fingerprint density at radius 3 is 2.92 bits per heavy atom. The van der Waals surface area contributed by atoms with Crippen molar-refractivity contribution < 1.29 is 4.79 Å². The highest BCUT2D eigenvalue weighted by Gasteiger charge is 2.29. The van der Waals surface area contributed by atoms with Gasteiger partial charge in [-0.25, -0.2) is 14.8 Å². The van der Waals surface area contributed by atoms with Gasteiger partial charge in [0.2, 0.25) is 0 Å². The van der Waals surface area contributed by atoms with Gasteiger partial charge in [0, 0.05) is 37.7 Å². The van der Waals surface area contributed by atoms with Crippen molar-refractivity contribution in [2.75, 3.05) is 25.5 Å². The van der Waals surface area contributed by atoms with Crippen LogP contribution in [0.25, 0.3) is 0 Å². The second-order valence-electron chi connectivity index (χ2n) is 6.15. The second-order valence-corrected chi connectivity index (χ2v) is 6.15. The van der Waals surface area contributed by atoms with Gasteiger partial charge < -0.3 is 10.2 Å². The smallest absolute Gasteiger partial charge is 0.321 e. The molecule has 2 amide bonds. The minimum Gasteiger partial charge on any atom is -0.323 e. The first-order valence-electron chi connectivity index (χ1n) is 8.05. The van der Waals surface area contributed by atoms with Crippen molar-refractivity contribution in [3.8, 4) is 0 Å². The van der Waals surface area contributed by atoms with E-state index >= 15 is 0 Å². The molecule has 1 fully saturated rings. The minimum absolute atomic E-state index is 0.0748. The average Bonchev–Trinajstić information content (AvgIpc) is 3.06. The number of carbonyl (C=O) groups excluding carboxylic acids is 1. The van der Waals surface area contributed by atoms with Crippen LogP contribution in [-0.2, 0) is 6.54 Å². The first-order chi connectivity index (χ1) is 11.6. The maximum atomic E-state index is 12.4. The number of carbonyl (C=O) groups is 1. The van der Waals surface area contributed by atoms with E-state index in [2.05, 4.69) is 25.2 Å². The van der Waals surface area contributed by atoms with E-state index in [0.29, 0.717) is 19.1 Å². The van der Waals surface area contributed by atoms with Crippen LogP contribution in [0.15, 0.2) is 36.9 Å². The normalized spacial score (nSPS) is 17.3. The molecule has 1 aliphatic rings. The summed E-state index contributed by atoms with van der Waals surface area (Å²) >= 11 is 0. The third kappa shape index (κ3) is 4.05. The maximum absolute atomic E-state index is 12.4. The third-order valence-corrected chi connectivity index (χ3v) is 4.21. The summed E-state index contributed by atoms with van der Waals surface area (Å²) in [4.78, 5) is 29.1. The molecule has 3 rings (SSSR count). The van der Waals surface area contributed by atoms with Gasteiger partial charge in [-0.05, 0) is 38.1 Å². The number of hydrogen-bond donors (Lipinski definition) is 1. The Morgan fingerprint density at radius 1 is 1.38 bits per heavy atom. The Kier molecular flexibility index (Phi) is 5.00. The van der Waals surface area contributed by atoms with Crippen molar-refractivity contribution in [3.63, 3.8) is 0 Å². The van der Waals surface area contributed by atoms with E-state index in [-0.39, 0.29) is 6.03 Å². The Balaban J connectivity index is 1.53. The molecule has 0 aliphatic carbocycles. The molecule has 7 nitrogen and oxygen atoms in total. The Morgan fingerprint density at radius 2 is 2.17 bits per heavy atom. The number of amides is 2. The van der Waals surface area contributed by atoms with Crippen LogP contribution < -0.4 is 5.32 Å². The number of pyridine rings is 1. The van der Waals surface area contributed by atoms with E-state index in [1.54, 1.807) is 24.8 Å². The molecule has 0 radical (unpaired) electrons. The van der Waals surface area contributed by atoms with E-state index in [1.165, 1.54) is 0 Å². The average molecular weight is 326 g/mol. The summed E-state index contributed by atoms with van der Waals surface area (Å²) in [5.41, 5.74) is 1.75. The van der Waals surface area contributed by atoms with Gasteiger partial charge in [-0.15, -0.1) is 0 Å². The van der Waals surface area contributed by atoms with Crippen molar-refractivity contribution in [1.29, 1.82) is 0 Å². The highest BCUT2D eigenvalue weighted by atomic mass is 16.2. The van der Waals surface area contributed by atoms with Crippen LogP contribution >= 0.6 is 0 Å². The lowest BCUT2D eigenvalue weighted by Gasteiger charge is -2.24. The number of rotatable bonds is 4. The summed E-state index contributed by atoms with van der Waals surface area (Å²) < 4.78 is 0. The lowest BCUT2D eigenvalue weighted by molar-refractivity contribution is 0.206. The fourth-order valence-electron chi connectivity index (χ4n) is 2.88. The van der Waals surface area contributed by atoms with Crippen LogP contribution in [0, 0.1) is 6.92 Å². The van der Waals surface area contributed by atoms with Crippen LogP contribution in [0.1, 0.15) is 17.8 Å². The summed E-state index contributed by atoms with van der Waals surface area (Å²) in [5, 5.41) is 2.92. The van der Waals surface area contributed by atoms with Gasteiger partial charge in [0.05, 0.1) is 18.4 Å². The summed E-state index contributed by atoms with van der Waals surface area (Å²) in [6, 6.07) is 3.97. The number of anilines is 1. The summed E-state index contributed by atoms with van der Waals surface area (Å²) in [6.45, 7) is 4.09. The zero-order valence-electron chi connectivity index (χ0n) is 14.0. The molecule has 0 unspecified atom stereocenters. The van der Waals surface area contributed by atoms with Crippen molar-refractivity contribution in [1.82, 2.24) is 24.8 Å². The number of aryl methyl sites for hydroxylation is 1. The van der Waals surface area contributed by atoms with Crippen LogP contribution in [0.2, 0.25) is 0 Å². The highest BCUT2D eigenvalue weighted by Crippen LogP contribution is 2.17. The quantitative estimate of drug-likeness (QED) is 0.929. The molecule has 0 aromatic carbocycles. The second kappa shape index (κ2) is 7.35. The molecule has 1 saturated heterocycles. The molecule has 7 heteroatoms. The van der Waals surface area contributed by atoms with E-state index in [0.717, 1.165) is 30.0 Å². The molecule has 0 spiro atoms. The first kappa shape index (κ1) is 16.3. The SMILES string of the molecule is Cc1cncc(NC(=O)N2CC[C@H](N(C)Cc3ncccn3)C2)c1. The lowest BCUT2D eigenvalue weighted by atomic mass is 10.2. The van der Waals surface area contributed by atoms with Gasteiger partial charge >= 0.3 is 6.03 Å². The zero-order valence-corrected chi connectivity index (χ0v) is 14.0. The number of likely N-dealkylation sites (tertiary alicyclic amines) is 1. The van der Waals surface area contributed by atoms with Gasteiger partial charge in [-0.3, -0.25) is 9.88 Å². The van der Waals surface area contributed by atoms with E-state index in [4.69, 9.17) is 0 Å². The minimum atomic E-state index is -0.0748. The first-order valence-corrected chi connectivity index (χ1v) is 8.05. The molecule has 1 atom stereocenters. The van der Waals surface area contributed by atoms with E-state index < -0.39 is 0 Å². The van der Waals surface area contributed by atoms with Crippen molar-refractivity contribution in [3.05, 3.63) is 48.3 Å². The molecule has 3 heterocycles. The maximum Gasteiger partial charge on any atom is 0.321 e. The van der Waals surface area contributed by atoms with Crippen LogP contribution in [0.4, 0.5) is 10.5 Å². The number of nitrogens with one attached hydrogen (secondary N) is 1. The monoisotopic (exact) mass is 326 g/mol. The fourth-order valence-corrected chi connectivity index (χ4v) is 2.88. The van der Waals surface area contributed by atoms with Crippen LogP contribution in [0.3, 0.4) is 0 Å². The third-order valence-electron chi connectivity index (χ3n) is 4.21. The van der Waals surface area contributed by atoms with Crippen molar-refractivity contribution in [2.24, 2.45) is 0 Å². The fraction of sp³-hybridized carbons (Fsp3) is 0.412. The summed E-state index contributed by atoms with van der Waals surface area (Å²) in [5.74, 6) is 0.800. The van der Waals surface area contributed by atoms with Gasteiger partial charge in [-0.2, -0.15) is 0 Å². The molecule has 2 aromatic rings. The van der Waals surface area contributed by atoms with E-state index in [9.17, 15) is 4.79 Å². The molecule has 1 N–H and O–H groups in total. The Hall–Kier alpha value is -2.54. The largest absolute Gasteiger partial charge is 0.323 e. The predicted molar refractivity (Wildman–Crippen MR) is 91.5 cm³/mol. The Labute approximate surface area is 141 Å². The van der Waals surface area contributed by atoms with Crippen LogP contribution in [0.5, 0.6) is 0 Å². The molecule has 1 aliphatic heterocycles. The van der Waals surface area contributed by atoms with Gasteiger partial charge in [0.1, 0.15) is 5.82 Å². The highest BCUT2D eigenvalue weighted by molar-refractivity contribution is 5.89. The lowest BCUT2D eigenvalue weighted by Crippen LogP contribution is -2.38. The molecule has 24 heavy (non-hydrogen) atoms. The molecule has 0 saturated carbocycles. The van der Waals surface area contributed by atoms with Gasteiger partial charge in [0.25, 0.3) is 0 Å². The molecule has 126 valence electrons. The van der Waals surface area contributed by atoms with Crippen molar-refractivity contribution in [2.45, 2.75) is 25.9 Å². The standard InChI is InChI=1S/C17H22N6O/c1-13-8-14(10-18-9-13)21-17(24)23-7-4-15(11-23)22(2)12-16-19-5-3-6-20-16/h3,5-6,8-10,15H,4,7,11-12H2,1-2H3,(H,21,24)/t15-/m0/s1. The molecular weight excluding hydrogens is 304 g/mol.